The van der Waals surface area contributed by atoms with E-state index in [1.165, 1.54) is 37.5 Å². The maximum atomic E-state index is 12.9. The van der Waals surface area contributed by atoms with Gasteiger partial charge < -0.3 is 15.5 Å². The number of anilines is 1. The van der Waals surface area contributed by atoms with E-state index in [1.54, 1.807) is 0 Å². The number of hydrogen-bond acceptors (Lipinski definition) is 3. The summed E-state index contributed by atoms with van der Waals surface area (Å²) in [6.45, 7) is 0. The monoisotopic (exact) mass is 315 g/mol. The Morgan fingerprint density at radius 3 is 2.09 bits per heavy atom. The van der Waals surface area contributed by atoms with E-state index in [0.717, 1.165) is 19.3 Å². The number of aromatic hydroxyl groups is 1. The summed E-state index contributed by atoms with van der Waals surface area (Å²) in [5.41, 5.74) is 0.0261. The van der Waals surface area contributed by atoms with Crippen molar-refractivity contribution in [1.29, 1.82) is 0 Å². The van der Waals surface area contributed by atoms with Gasteiger partial charge in [0.05, 0.1) is 16.7 Å². The average Bonchev–Trinajstić information content (AvgIpc) is 2.47. The number of rotatable bonds is 3. The molecule has 122 valence electrons. The molecule has 0 aromatic heterocycles. The minimum Gasteiger partial charge on any atom is -0.506 e. The Morgan fingerprint density at radius 2 is 1.61 bits per heavy atom. The van der Waals surface area contributed by atoms with Gasteiger partial charge in [-0.25, -0.2) is 4.79 Å². The number of amides is 1. The first-order valence-corrected chi connectivity index (χ1v) is 8.33. The molecule has 0 radical (unpaired) electrons. The van der Waals surface area contributed by atoms with Crippen LogP contribution in [0.15, 0.2) is 18.2 Å². The first-order valence-electron chi connectivity index (χ1n) is 8.33. The number of nitrogens with one attached hydrogen (secondary N) is 1. The number of benzene rings is 1. The molecule has 0 unspecified atom stereocenters. The van der Waals surface area contributed by atoms with E-state index in [1.807, 2.05) is 0 Å². The SMILES string of the molecule is O=C(O)c1ccc(NC(=O)C23CC4CC(CC(C4)C2)C3)c(O)c1. The summed E-state index contributed by atoms with van der Waals surface area (Å²) in [5, 5.41) is 21.8. The lowest BCUT2D eigenvalue weighted by Gasteiger charge is -2.55. The molecule has 0 atom stereocenters. The molecule has 5 heteroatoms. The molecule has 0 spiro atoms. The van der Waals surface area contributed by atoms with Crippen LogP contribution in [0.4, 0.5) is 5.69 Å². The molecule has 23 heavy (non-hydrogen) atoms. The summed E-state index contributed by atoms with van der Waals surface area (Å²) < 4.78 is 0. The maximum absolute atomic E-state index is 12.9. The summed E-state index contributed by atoms with van der Waals surface area (Å²) in [6.07, 6.45) is 6.68. The number of carbonyl (C=O) groups is 2. The molecule has 0 saturated heterocycles. The molecule has 4 aliphatic carbocycles. The highest BCUT2D eigenvalue weighted by molar-refractivity contribution is 5.98. The molecule has 4 aliphatic rings. The number of hydrogen-bond donors (Lipinski definition) is 3. The van der Waals surface area contributed by atoms with Crippen molar-refractivity contribution in [2.24, 2.45) is 23.2 Å². The predicted molar refractivity (Wildman–Crippen MR) is 84.3 cm³/mol. The number of phenols is 1. The van der Waals surface area contributed by atoms with Crippen LogP contribution >= 0.6 is 0 Å². The molecule has 4 fully saturated rings. The van der Waals surface area contributed by atoms with Crippen LogP contribution in [0.5, 0.6) is 5.75 Å². The fraction of sp³-hybridized carbons (Fsp3) is 0.556. The van der Waals surface area contributed by atoms with Gasteiger partial charge >= 0.3 is 5.97 Å². The van der Waals surface area contributed by atoms with Crippen molar-refractivity contribution in [2.75, 3.05) is 5.32 Å². The lowest BCUT2D eigenvalue weighted by atomic mass is 9.49. The fourth-order valence-corrected chi connectivity index (χ4v) is 5.41. The van der Waals surface area contributed by atoms with Crippen molar-refractivity contribution in [3.63, 3.8) is 0 Å². The zero-order valence-corrected chi connectivity index (χ0v) is 12.9. The lowest BCUT2D eigenvalue weighted by Crippen LogP contribution is -2.51. The lowest BCUT2D eigenvalue weighted by molar-refractivity contribution is -0.140. The number of carboxylic acid groups (broad SMARTS) is 1. The first kappa shape index (κ1) is 14.5. The predicted octanol–water partition coefficient (Wildman–Crippen LogP) is 3.25. The minimum absolute atomic E-state index is 0.00465. The first-order chi connectivity index (χ1) is 10.9. The van der Waals surface area contributed by atoms with Crippen LogP contribution in [0.3, 0.4) is 0 Å². The second kappa shape index (κ2) is 4.98. The van der Waals surface area contributed by atoms with Crippen molar-refractivity contribution in [3.05, 3.63) is 23.8 Å². The molecule has 4 bridgehead atoms. The highest BCUT2D eigenvalue weighted by atomic mass is 16.4. The van der Waals surface area contributed by atoms with E-state index in [2.05, 4.69) is 5.32 Å². The van der Waals surface area contributed by atoms with Crippen LogP contribution in [0.25, 0.3) is 0 Å². The Labute approximate surface area is 134 Å². The molecule has 5 rings (SSSR count). The van der Waals surface area contributed by atoms with Gasteiger partial charge in [-0.2, -0.15) is 0 Å². The second-order valence-corrected chi connectivity index (χ2v) is 7.69. The van der Waals surface area contributed by atoms with E-state index in [0.29, 0.717) is 23.4 Å². The van der Waals surface area contributed by atoms with Gasteiger partial charge in [0.2, 0.25) is 5.91 Å². The molecule has 4 saturated carbocycles. The molecular formula is C18H21NO4. The van der Waals surface area contributed by atoms with Crippen molar-refractivity contribution in [3.8, 4) is 5.75 Å². The van der Waals surface area contributed by atoms with Crippen LogP contribution in [0.2, 0.25) is 0 Å². The Bertz CT molecular complexity index is 646. The van der Waals surface area contributed by atoms with Gasteiger partial charge in [0.25, 0.3) is 0 Å². The summed E-state index contributed by atoms with van der Waals surface area (Å²) >= 11 is 0. The molecular weight excluding hydrogens is 294 g/mol. The Kier molecular flexibility index (Phi) is 3.15. The summed E-state index contributed by atoms with van der Waals surface area (Å²) in [7, 11) is 0. The van der Waals surface area contributed by atoms with Gasteiger partial charge in [-0.1, -0.05) is 0 Å². The van der Waals surface area contributed by atoms with Gasteiger partial charge in [0.15, 0.2) is 0 Å². The minimum atomic E-state index is -1.10. The van der Waals surface area contributed by atoms with Gasteiger partial charge in [0.1, 0.15) is 5.75 Å². The van der Waals surface area contributed by atoms with Gasteiger partial charge in [-0.05, 0) is 74.5 Å². The molecule has 1 aromatic carbocycles. The Morgan fingerprint density at radius 1 is 1.04 bits per heavy atom. The van der Waals surface area contributed by atoms with Crippen LogP contribution < -0.4 is 5.32 Å². The van der Waals surface area contributed by atoms with Crippen molar-refractivity contribution >= 4 is 17.6 Å². The molecule has 1 amide bonds. The van der Waals surface area contributed by atoms with Crippen molar-refractivity contribution in [2.45, 2.75) is 38.5 Å². The van der Waals surface area contributed by atoms with E-state index < -0.39 is 5.97 Å². The van der Waals surface area contributed by atoms with Crippen molar-refractivity contribution < 1.29 is 19.8 Å². The quantitative estimate of drug-likeness (QED) is 0.747. The van der Waals surface area contributed by atoms with Crippen molar-refractivity contribution in [1.82, 2.24) is 0 Å². The van der Waals surface area contributed by atoms with Crippen LogP contribution in [-0.4, -0.2) is 22.1 Å². The van der Waals surface area contributed by atoms with Gasteiger partial charge in [-0.15, -0.1) is 0 Å². The van der Waals surface area contributed by atoms with E-state index >= 15 is 0 Å². The third-order valence-electron chi connectivity index (χ3n) is 6.01. The van der Waals surface area contributed by atoms with Crippen LogP contribution in [0, 0.1) is 23.2 Å². The second-order valence-electron chi connectivity index (χ2n) is 7.69. The summed E-state index contributed by atoms with van der Waals surface area (Å²) in [4.78, 5) is 23.8. The standard InChI is InChI=1S/C18H21NO4/c20-15-6-13(16(21)22)1-2-14(15)19-17(23)18-7-10-3-11(8-18)5-12(4-10)9-18/h1-2,6,10-12,20H,3-5,7-9H2,(H,19,23)(H,21,22). The summed E-state index contributed by atoms with van der Waals surface area (Å²) in [6, 6.07) is 4.05. The molecule has 0 aliphatic heterocycles. The number of carboxylic acids is 1. The smallest absolute Gasteiger partial charge is 0.335 e. The molecule has 3 N–H and O–H groups in total. The van der Waals surface area contributed by atoms with Crippen LogP contribution in [0.1, 0.15) is 48.9 Å². The highest BCUT2D eigenvalue weighted by Crippen LogP contribution is 2.60. The highest BCUT2D eigenvalue weighted by Gasteiger charge is 2.54. The van der Waals surface area contributed by atoms with E-state index in [9.17, 15) is 14.7 Å². The third-order valence-corrected chi connectivity index (χ3v) is 6.01. The molecule has 0 heterocycles. The zero-order valence-electron chi connectivity index (χ0n) is 12.9. The van der Waals surface area contributed by atoms with E-state index in [4.69, 9.17) is 5.11 Å². The summed E-state index contributed by atoms with van der Waals surface area (Å²) in [5.74, 6) is 0.733. The van der Waals surface area contributed by atoms with Gasteiger partial charge in [-0.3, -0.25) is 4.79 Å². The topological polar surface area (TPSA) is 86.6 Å². The molecule has 1 aromatic rings. The zero-order chi connectivity index (χ0) is 16.2. The number of aromatic carboxylic acids is 1. The normalized spacial score (nSPS) is 34.3. The van der Waals surface area contributed by atoms with Gasteiger partial charge in [0, 0.05) is 0 Å². The number of phenolic OH excluding ortho intramolecular Hbond substituents is 1. The maximum Gasteiger partial charge on any atom is 0.335 e. The van der Waals surface area contributed by atoms with E-state index in [-0.39, 0.29) is 22.6 Å². The van der Waals surface area contributed by atoms with Crippen LogP contribution in [-0.2, 0) is 4.79 Å². The Balaban J connectivity index is 1.55. The third kappa shape index (κ3) is 2.38. The average molecular weight is 315 g/mol. The number of carbonyl (C=O) groups excluding carboxylic acids is 1. The Hall–Kier alpha value is -2.04. The fourth-order valence-electron chi connectivity index (χ4n) is 5.41. The molecule has 5 nitrogen and oxygen atoms in total. The largest absolute Gasteiger partial charge is 0.506 e.